The molecule has 2 N–H and O–H groups in total. The third-order valence-electron chi connectivity index (χ3n) is 6.59. The van der Waals surface area contributed by atoms with Crippen LogP contribution in [0.5, 0.6) is 11.5 Å². The number of phenols is 1. The van der Waals surface area contributed by atoms with Gasteiger partial charge in [-0.2, -0.15) is 0 Å². The minimum absolute atomic E-state index is 0.203. The van der Waals surface area contributed by atoms with Crippen LogP contribution in [0.2, 0.25) is 0 Å². The Morgan fingerprint density at radius 1 is 1.33 bits per heavy atom. The van der Waals surface area contributed by atoms with Crippen molar-refractivity contribution in [3.05, 3.63) is 23.8 Å². The topological polar surface area (TPSA) is 41.5 Å². The minimum Gasteiger partial charge on any atom is -0.504 e. The molecule has 21 heavy (non-hydrogen) atoms. The highest BCUT2D eigenvalue weighted by molar-refractivity contribution is 5.41. The fraction of sp³-hybridized carbons (Fsp3) is 0.667. The average molecular weight is 289 g/mol. The maximum atomic E-state index is 9.66. The molecule has 2 aliphatic carbocycles. The number of hydrogen-bond donors (Lipinski definition) is 2. The maximum Gasteiger partial charge on any atom is 0.160 e. The lowest BCUT2D eigenvalue weighted by Gasteiger charge is -2.39. The lowest BCUT2D eigenvalue weighted by atomic mass is 9.69. The van der Waals surface area contributed by atoms with Gasteiger partial charge in [-0.05, 0) is 53.7 Å². The van der Waals surface area contributed by atoms with E-state index in [4.69, 9.17) is 4.74 Å². The molecule has 3 atom stereocenters. The molecule has 116 valence electrons. The van der Waals surface area contributed by atoms with Gasteiger partial charge in [0.15, 0.2) is 11.5 Å². The Morgan fingerprint density at radius 2 is 2.10 bits per heavy atom. The number of rotatable bonds is 4. The molecule has 2 fully saturated rings. The van der Waals surface area contributed by atoms with E-state index in [9.17, 15) is 5.11 Å². The van der Waals surface area contributed by atoms with Crippen LogP contribution in [-0.2, 0) is 6.54 Å². The SMILES string of the molecule is COc1cc(CNC2CC3CCC2(C)C3(C)C)ccc1O. The van der Waals surface area contributed by atoms with E-state index in [1.807, 2.05) is 12.1 Å². The molecule has 0 spiro atoms. The molecule has 0 aromatic heterocycles. The first-order chi connectivity index (χ1) is 9.88. The summed E-state index contributed by atoms with van der Waals surface area (Å²) in [5, 5.41) is 13.4. The van der Waals surface area contributed by atoms with Crippen molar-refractivity contribution in [2.24, 2.45) is 16.7 Å². The molecular weight excluding hydrogens is 262 g/mol. The van der Waals surface area contributed by atoms with E-state index in [0.29, 0.717) is 22.6 Å². The van der Waals surface area contributed by atoms with Crippen molar-refractivity contribution in [3.63, 3.8) is 0 Å². The third kappa shape index (κ3) is 2.13. The Morgan fingerprint density at radius 3 is 2.67 bits per heavy atom. The van der Waals surface area contributed by atoms with Crippen LogP contribution in [0.15, 0.2) is 18.2 Å². The summed E-state index contributed by atoms with van der Waals surface area (Å²) in [6.45, 7) is 8.17. The minimum atomic E-state index is 0.203. The highest BCUT2D eigenvalue weighted by Crippen LogP contribution is 2.65. The van der Waals surface area contributed by atoms with Crippen molar-refractivity contribution < 1.29 is 9.84 Å². The van der Waals surface area contributed by atoms with Crippen LogP contribution in [0.3, 0.4) is 0 Å². The van der Waals surface area contributed by atoms with E-state index < -0.39 is 0 Å². The van der Waals surface area contributed by atoms with Gasteiger partial charge in [-0.1, -0.05) is 26.8 Å². The second-order valence-electron chi connectivity index (χ2n) is 7.55. The fourth-order valence-corrected chi connectivity index (χ4v) is 4.59. The number of nitrogens with one attached hydrogen (secondary N) is 1. The number of phenolic OH excluding ortho intramolecular Hbond substituents is 1. The van der Waals surface area contributed by atoms with Gasteiger partial charge in [-0.25, -0.2) is 0 Å². The summed E-state index contributed by atoms with van der Waals surface area (Å²) in [5.41, 5.74) is 2.00. The third-order valence-corrected chi connectivity index (χ3v) is 6.59. The predicted octanol–water partition coefficient (Wildman–Crippen LogP) is 3.71. The maximum absolute atomic E-state index is 9.66. The van der Waals surface area contributed by atoms with Gasteiger partial charge < -0.3 is 15.2 Å². The lowest BCUT2D eigenvalue weighted by Crippen LogP contribution is -2.44. The summed E-state index contributed by atoms with van der Waals surface area (Å²) in [4.78, 5) is 0. The smallest absolute Gasteiger partial charge is 0.160 e. The van der Waals surface area contributed by atoms with Gasteiger partial charge in [0.2, 0.25) is 0 Å². The number of ether oxygens (including phenoxy) is 1. The molecule has 2 saturated carbocycles. The van der Waals surface area contributed by atoms with Crippen LogP contribution >= 0.6 is 0 Å². The lowest BCUT2D eigenvalue weighted by molar-refractivity contribution is 0.120. The van der Waals surface area contributed by atoms with Gasteiger partial charge in [0, 0.05) is 12.6 Å². The Bertz CT molecular complexity index is 540. The van der Waals surface area contributed by atoms with Gasteiger partial charge in [-0.3, -0.25) is 0 Å². The van der Waals surface area contributed by atoms with E-state index in [0.717, 1.165) is 18.0 Å². The molecule has 0 aliphatic heterocycles. The van der Waals surface area contributed by atoms with Crippen LogP contribution in [0.4, 0.5) is 0 Å². The Labute approximate surface area is 127 Å². The van der Waals surface area contributed by atoms with Gasteiger partial charge in [0.1, 0.15) is 0 Å². The molecule has 0 radical (unpaired) electrons. The first-order valence-electron chi connectivity index (χ1n) is 7.98. The molecule has 1 aromatic carbocycles. The number of aromatic hydroxyl groups is 1. The summed E-state index contributed by atoms with van der Waals surface area (Å²) < 4.78 is 5.18. The largest absolute Gasteiger partial charge is 0.504 e. The van der Waals surface area contributed by atoms with Gasteiger partial charge in [0.05, 0.1) is 7.11 Å². The molecule has 3 unspecified atom stereocenters. The van der Waals surface area contributed by atoms with Gasteiger partial charge >= 0.3 is 0 Å². The van der Waals surface area contributed by atoms with E-state index in [1.54, 1.807) is 13.2 Å². The van der Waals surface area contributed by atoms with Crippen LogP contribution in [0, 0.1) is 16.7 Å². The van der Waals surface area contributed by atoms with Crippen LogP contribution in [0.25, 0.3) is 0 Å². The van der Waals surface area contributed by atoms with Crippen LogP contribution in [0.1, 0.15) is 45.6 Å². The highest BCUT2D eigenvalue weighted by Gasteiger charge is 2.60. The standard InChI is InChI=1S/C18H27NO2/c1-17(2)13-7-8-18(17,3)16(10-13)19-11-12-5-6-14(20)15(9-12)21-4/h5-6,9,13,16,19-20H,7-8,10-11H2,1-4H3. The molecule has 3 heteroatoms. The normalized spacial score (nSPS) is 33.3. The number of hydrogen-bond acceptors (Lipinski definition) is 3. The molecule has 2 bridgehead atoms. The number of benzene rings is 1. The van der Waals surface area contributed by atoms with Crippen molar-refractivity contribution in [2.45, 2.75) is 52.6 Å². The molecular formula is C18H27NO2. The Kier molecular flexibility index (Phi) is 3.44. The zero-order valence-electron chi connectivity index (χ0n) is 13.6. The molecule has 0 saturated heterocycles. The van der Waals surface area contributed by atoms with Crippen molar-refractivity contribution in [3.8, 4) is 11.5 Å². The van der Waals surface area contributed by atoms with E-state index in [1.165, 1.54) is 19.3 Å². The van der Waals surface area contributed by atoms with Crippen molar-refractivity contribution in [1.82, 2.24) is 5.32 Å². The zero-order chi connectivity index (χ0) is 15.3. The number of methoxy groups -OCH3 is 1. The first-order valence-corrected chi connectivity index (χ1v) is 7.98. The second kappa shape index (κ2) is 4.91. The molecule has 1 aromatic rings. The van der Waals surface area contributed by atoms with Gasteiger partial charge in [-0.15, -0.1) is 0 Å². The van der Waals surface area contributed by atoms with Gasteiger partial charge in [0.25, 0.3) is 0 Å². The fourth-order valence-electron chi connectivity index (χ4n) is 4.59. The monoisotopic (exact) mass is 289 g/mol. The zero-order valence-corrected chi connectivity index (χ0v) is 13.6. The van der Waals surface area contributed by atoms with E-state index in [-0.39, 0.29) is 5.75 Å². The van der Waals surface area contributed by atoms with Crippen molar-refractivity contribution in [2.75, 3.05) is 7.11 Å². The highest BCUT2D eigenvalue weighted by atomic mass is 16.5. The predicted molar refractivity (Wildman–Crippen MR) is 84.5 cm³/mol. The Balaban J connectivity index is 1.69. The summed E-state index contributed by atoms with van der Waals surface area (Å²) in [6, 6.07) is 6.18. The van der Waals surface area contributed by atoms with Crippen LogP contribution < -0.4 is 10.1 Å². The first kappa shape index (κ1) is 14.7. The molecule has 0 amide bonds. The Hall–Kier alpha value is -1.22. The molecule has 3 rings (SSSR count). The summed E-state index contributed by atoms with van der Waals surface area (Å²) in [6.07, 6.45) is 4.01. The van der Waals surface area contributed by atoms with E-state index in [2.05, 4.69) is 26.1 Å². The summed E-state index contributed by atoms with van der Waals surface area (Å²) in [7, 11) is 1.59. The van der Waals surface area contributed by atoms with Crippen molar-refractivity contribution in [1.29, 1.82) is 0 Å². The van der Waals surface area contributed by atoms with Crippen molar-refractivity contribution >= 4 is 0 Å². The molecule has 3 nitrogen and oxygen atoms in total. The second-order valence-corrected chi connectivity index (χ2v) is 7.55. The molecule has 2 aliphatic rings. The quantitative estimate of drug-likeness (QED) is 0.888. The van der Waals surface area contributed by atoms with Crippen LogP contribution in [-0.4, -0.2) is 18.3 Å². The number of fused-ring (bicyclic) bond motifs is 2. The summed E-state index contributed by atoms with van der Waals surface area (Å²) >= 11 is 0. The van der Waals surface area contributed by atoms with E-state index >= 15 is 0 Å². The average Bonchev–Trinajstić information content (AvgIpc) is 2.79. The summed E-state index contributed by atoms with van der Waals surface area (Å²) in [5.74, 6) is 1.61. The molecule has 0 heterocycles.